The van der Waals surface area contributed by atoms with Crippen molar-refractivity contribution in [3.63, 3.8) is 0 Å². The summed E-state index contributed by atoms with van der Waals surface area (Å²) in [6.45, 7) is 0. The number of hydrogen-bond donors (Lipinski definition) is 8. The van der Waals surface area contributed by atoms with Gasteiger partial charge in [0.2, 0.25) is 17.7 Å². The van der Waals surface area contributed by atoms with Gasteiger partial charge in [0, 0.05) is 30.5 Å². The molecular weight excluding hydrogens is 492 g/mol. The Kier molecular flexibility index (Phi) is 10.9. The van der Waals surface area contributed by atoms with Crippen molar-refractivity contribution in [3.05, 3.63) is 54.1 Å². The zero-order chi connectivity index (χ0) is 26.7. The molecule has 8 N–H and O–H groups in total. The van der Waals surface area contributed by atoms with Gasteiger partial charge in [-0.1, -0.05) is 30.3 Å². The van der Waals surface area contributed by atoms with E-state index in [1.807, 2.05) is 0 Å². The van der Waals surface area contributed by atoms with E-state index in [1.165, 1.54) is 12.5 Å². The smallest absolute Gasteiger partial charge is 0.326 e. The van der Waals surface area contributed by atoms with Gasteiger partial charge in [-0.25, -0.2) is 9.78 Å². The predicted molar refractivity (Wildman–Crippen MR) is 130 cm³/mol. The van der Waals surface area contributed by atoms with E-state index >= 15 is 0 Å². The van der Waals surface area contributed by atoms with Crippen LogP contribution in [0, 0.1) is 0 Å². The number of aromatic nitrogens is 2. The van der Waals surface area contributed by atoms with Crippen molar-refractivity contribution in [3.8, 4) is 0 Å². The summed E-state index contributed by atoms with van der Waals surface area (Å²) >= 11 is 4.09. The number of benzene rings is 1. The van der Waals surface area contributed by atoms with Crippen LogP contribution in [0.25, 0.3) is 0 Å². The van der Waals surface area contributed by atoms with Crippen LogP contribution in [0.3, 0.4) is 0 Å². The Morgan fingerprint density at radius 2 is 1.53 bits per heavy atom. The second kappa shape index (κ2) is 13.8. The molecule has 194 valence electrons. The number of imidazole rings is 1. The number of aromatic amines is 1. The Balaban J connectivity index is 2.12. The molecule has 0 aliphatic heterocycles. The van der Waals surface area contributed by atoms with Gasteiger partial charge < -0.3 is 36.9 Å². The van der Waals surface area contributed by atoms with Crippen LogP contribution >= 0.6 is 12.6 Å². The first-order chi connectivity index (χ1) is 17.1. The fraction of sp³-hybridized carbons (Fsp3) is 0.364. The van der Waals surface area contributed by atoms with Crippen molar-refractivity contribution in [2.24, 2.45) is 5.73 Å². The Bertz CT molecular complexity index is 1050. The third kappa shape index (κ3) is 9.03. The van der Waals surface area contributed by atoms with Gasteiger partial charge in [-0.3, -0.25) is 19.2 Å². The van der Waals surface area contributed by atoms with Crippen LogP contribution in [-0.4, -0.2) is 79.8 Å². The van der Waals surface area contributed by atoms with Crippen molar-refractivity contribution in [2.45, 2.75) is 43.4 Å². The Labute approximate surface area is 211 Å². The molecule has 4 atom stereocenters. The number of nitrogens with zero attached hydrogens (tertiary/aromatic N) is 1. The lowest BCUT2D eigenvalue weighted by Gasteiger charge is -2.24. The largest absolute Gasteiger partial charge is 0.481 e. The van der Waals surface area contributed by atoms with E-state index in [0.29, 0.717) is 11.3 Å². The van der Waals surface area contributed by atoms with Crippen molar-refractivity contribution in [1.29, 1.82) is 0 Å². The quantitative estimate of drug-likeness (QED) is 0.135. The maximum absolute atomic E-state index is 13.1. The molecule has 0 aliphatic carbocycles. The molecular formula is C22H28N6O7S. The number of hydrogen-bond acceptors (Lipinski definition) is 8. The normalized spacial score (nSPS) is 14.1. The highest BCUT2D eigenvalue weighted by molar-refractivity contribution is 7.80. The molecule has 4 unspecified atom stereocenters. The molecule has 0 saturated carbocycles. The first kappa shape index (κ1) is 28.3. The molecule has 0 fully saturated rings. The zero-order valence-electron chi connectivity index (χ0n) is 19.1. The highest BCUT2D eigenvalue weighted by Crippen LogP contribution is 2.06. The Hall–Kier alpha value is -3.91. The average Bonchev–Trinajstić information content (AvgIpc) is 3.34. The van der Waals surface area contributed by atoms with Crippen molar-refractivity contribution in [2.75, 3.05) is 5.75 Å². The minimum absolute atomic E-state index is 0.0245. The van der Waals surface area contributed by atoms with E-state index in [-0.39, 0.29) is 18.6 Å². The number of rotatable bonds is 14. The number of carbonyl (C=O) groups is 5. The summed E-state index contributed by atoms with van der Waals surface area (Å²) < 4.78 is 0. The summed E-state index contributed by atoms with van der Waals surface area (Å²) in [5, 5.41) is 25.6. The second-order valence-electron chi connectivity index (χ2n) is 7.88. The lowest BCUT2D eigenvalue weighted by atomic mass is 10.0. The van der Waals surface area contributed by atoms with Crippen molar-refractivity contribution >= 4 is 42.3 Å². The standard InChI is InChI=1S/C22H28N6O7S/c23-14(8-18(29)30)19(31)26-15(6-12-4-2-1-3-5-12)20(32)28-17(10-36)21(33)27-16(22(34)35)7-13-9-24-11-25-13/h1-5,9,11,14-17,36H,6-8,10,23H2,(H,24,25)(H,26,31)(H,27,33)(H,28,32)(H,29,30)(H,34,35). The van der Waals surface area contributed by atoms with Gasteiger partial charge in [-0.15, -0.1) is 0 Å². The molecule has 1 aromatic heterocycles. The summed E-state index contributed by atoms with van der Waals surface area (Å²) in [6, 6.07) is 3.56. The molecule has 2 aromatic rings. The van der Waals surface area contributed by atoms with Gasteiger partial charge >= 0.3 is 11.9 Å². The zero-order valence-corrected chi connectivity index (χ0v) is 20.0. The molecule has 1 aromatic carbocycles. The van der Waals surface area contributed by atoms with Crippen LogP contribution in [-0.2, 0) is 36.8 Å². The van der Waals surface area contributed by atoms with Crippen LogP contribution in [0.4, 0.5) is 0 Å². The Morgan fingerprint density at radius 1 is 0.917 bits per heavy atom. The lowest BCUT2D eigenvalue weighted by Crippen LogP contribution is -2.58. The number of nitrogens with one attached hydrogen (secondary N) is 4. The number of carboxylic acid groups (broad SMARTS) is 2. The van der Waals surface area contributed by atoms with Crippen LogP contribution in [0.1, 0.15) is 17.7 Å². The van der Waals surface area contributed by atoms with Gasteiger partial charge in [0.1, 0.15) is 18.1 Å². The first-order valence-corrected chi connectivity index (χ1v) is 11.5. The van der Waals surface area contributed by atoms with E-state index in [2.05, 4.69) is 38.5 Å². The summed E-state index contributed by atoms with van der Waals surface area (Å²) in [5.74, 6) is -5.15. The van der Waals surface area contributed by atoms with Crippen LogP contribution in [0.5, 0.6) is 0 Å². The van der Waals surface area contributed by atoms with Crippen molar-refractivity contribution in [1.82, 2.24) is 25.9 Å². The molecule has 0 radical (unpaired) electrons. The lowest BCUT2D eigenvalue weighted by molar-refractivity contribution is -0.142. The fourth-order valence-corrected chi connectivity index (χ4v) is 3.43. The van der Waals surface area contributed by atoms with E-state index in [1.54, 1.807) is 30.3 Å². The van der Waals surface area contributed by atoms with E-state index < -0.39 is 60.2 Å². The van der Waals surface area contributed by atoms with Crippen LogP contribution in [0.2, 0.25) is 0 Å². The molecule has 0 saturated heterocycles. The molecule has 14 heteroatoms. The predicted octanol–water partition coefficient (Wildman–Crippen LogP) is -1.53. The maximum Gasteiger partial charge on any atom is 0.326 e. The number of carbonyl (C=O) groups excluding carboxylic acids is 3. The number of aliphatic carboxylic acids is 2. The number of amides is 3. The van der Waals surface area contributed by atoms with Gasteiger partial charge in [0.25, 0.3) is 0 Å². The number of H-pyrrole nitrogens is 1. The maximum atomic E-state index is 13.1. The topological polar surface area (TPSA) is 217 Å². The molecule has 13 nitrogen and oxygen atoms in total. The summed E-state index contributed by atoms with van der Waals surface area (Å²) in [5.41, 5.74) is 6.78. The third-order valence-electron chi connectivity index (χ3n) is 5.06. The molecule has 0 bridgehead atoms. The second-order valence-corrected chi connectivity index (χ2v) is 8.24. The molecule has 3 amide bonds. The molecule has 2 rings (SSSR count). The van der Waals surface area contributed by atoms with Gasteiger partial charge in [-0.2, -0.15) is 12.6 Å². The highest BCUT2D eigenvalue weighted by atomic mass is 32.1. The van der Waals surface area contributed by atoms with E-state index in [4.69, 9.17) is 10.8 Å². The minimum atomic E-state index is -1.39. The Morgan fingerprint density at radius 3 is 2.08 bits per heavy atom. The number of thiol groups is 1. The third-order valence-corrected chi connectivity index (χ3v) is 5.42. The van der Waals surface area contributed by atoms with Crippen molar-refractivity contribution < 1.29 is 34.2 Å². The number of carboxylic acids is 2. The van der Waals surface area contributed by atoms with Gasteiger partial charge in [-0.05, 0) is 5.56 Å². The first-order valence-electron chi connectivity index (χ1n) is 10.8. The fourth-order valence-electron chi connectivity index (χ4n) is 3.17. The monoisotopic (exact) mass is 520 g/mol. The highest BCUT2D eigenvalue weighted by Gasteiger charge is 2.30. The SMILES string of the molecule is NC(CC(=O)O)C(=O)NC(Cc1ccccc1)C(=O)NC(CS)C(=O)NC(Cc1cnc[nH]1)C(=O)O. The van der Waals surface area contributed by atoms with Crippen LogP contribution < -0.4 is 21.7 Å². The average molecular weight is 521 g/mol. The summed E-state index contributed by atoms with van der Waals surface area (Å²) in [4.78, 5) is 67.2. The van der Waals surface area contributed by atoms with Gasteiger partial charge in [0.15, 0.2) is 0 Å². The minimum Gasteiger partial charge on any atom is -0.481 e. The molecule has 36 heavy (non-hydrogen) atoms. The summed E-state index contributed by atoms with van der Waals surface area (Å²) in [6.07, 6.45) is 2.11. The molecule has 0 aliphatic rings. The number of nitrogens with two attached hydrogens (primary N) is 1. The molecule has 0 spiro atoms. The van der Waals surface area contributed by atoms with Gasteiger partial charge in [0.05, 0.1) is 18.8 Å². The summed E-state index contributed by atoms with van der Waals surface area (Å²) in [7, 11) is 0. The molecule has 1 heterocycles. The van der Waals surface area contributed by atoms with Crippen LogP contribution in [0.15, 0.2) is 42.9 Å². The van der Waals surface area contributed by atoms with E-state index in [0.717, 1.165) is 0 Å². The van der Waals surface area contributed by atoms with E-state index in [9.17, 15) is 29.1 Å².